The van der Waals surface area contributed by atoms with Crippen LogP contribution in [0.1, 0.15) is 18.9 Å². The van der Waals surface area contributed by atoms with Gasteiger partial charge in [-0.05, 0) is 25.1 Å². The number of carbonyl (C=O) groups is 1. The molecular formula is C11H12ClN3O3S. The lowest BCUT2D eigenvalue weighted by Gasteiger charge is -2.13. The van der Waals surface area contributed by atoms with E-state index in [4.69, 9.17) is 22.6 Å². The Kier molecular flexibility index (Phi) is 4.89. The van der Waals surface area contributed by atoms with Gasteiger partial charge in [0.05, 0.1) is 16.7 Å². The van der Waals surface area contributed by atoms with Gasteiger partial charge in [-0.2, -0.15) is 5.26 Å². The maximum absolute atomic E-state index is 12.1. The molecule has 0 spiro atoms. The molecule has 0 aliphatic carbocycles. The van der Waals surface area contributed by atoms with Crippen molar-refractivity contribution < 1.29 is 13.2 Å². The lowest BCUT2D eigenvalue weighted by atomic mass is 10.2. The standard InChI is InChI=1S/C11H12ClN3O3S/c1-7(4-11(14)16)15-19(17,18)10-5-8(6-13)2-3-9(10)12/h2-3,5,7,15H,4H2,1H3,(H2,14,16). The van der Waals surface area contributed by atoms with Gasteiger partial charge in [0.25, 0.3) is 0 Å². The van der Waals surface area contributed by atoms with Crippen molar-refractivity contribution in [3.63, 3.8) is 0 Å². The van der Waals surface area contributed by atoms with Crippen LogP contribution in [0, 0.1) is 11.3 Å². The molecule has 102 valence electrons. The summed E-state index contributed by atoms with van der Waals surface area (Å²) in [4.78, 5) is 10.5. The highest BCUT2D eigenvalue weighted by molar-refractivity contribution is 7.89. The van der Waals surface area contributed by atoms with Gasteiger partial charge < -0.3 is 5.73 Å². The molecule has 0 saturated carbocycles. The third kappa shape index (κ3) is 4.21. The summed E-state index contributed by atoms with van der Waals surface area (Å²) in [5.41, 5.74) is 5.16. The van der Waals surface area contributed by atoms with Crippen molar-refractivity contribution >= 4 is 27.5 Å². The Morgan fingerprint density at radius 3 is 2.74 bits per heavy atom. The Balaban J connectivity index is 3.07. The molecule has 0 bridgehead atoms. The van der Waals surface area contributed by atoms with Gasteiger partial charge >= 0.3 is 0 Å². The monoisotopic (exact) mass is 301 g/mol. The predicted octanol–water partition coefficient (Wildman–Crippen LogP) is 0.754. The molecule has 1 atom stereocenters. The van der Waals surface area contributed by atoms with Crippen molar-refractivity contribution in [2.45, 2.75) is 24.3 Å². The Labute approximate surface area is 116 Å². The number of halogens is 1. The highest BCUT2D eigenvalue weighted by Gasteiger charge is 2.21. The summed E-state index contributed by atoms with van der Waals surface area (Å²) in [5, 5.41) is 8.75. The average Bonchev–Trinajstić information content (AvgIpc) is 2.27. The molecule has 0 saturated heterocycles. The molecule has 0 fully saturated rings. The van der Waals surface area contributed by atoms with E-state index in [1.165, 1.54) is 25.1 Å². The molecule has 8 heteroatoms. The summed E-state index contributed by atoms with van der Waals surface area (Å²) in [6.07, 6.45) is -0.130. The molecule has 3 N–H and O–H groups in total. The zero-order valence-electron chi connectivity index (χ0n) is 10.1. The van der Waals surface area contributed by atoms with Crippen LogP contribution in [0.5, 0.6) is 0 Å². The van der Waals surface area contributed by atoms with Crippen LogP contribution in [-0.2, 0) is 14.8 Å². The molecule has 1 aromatic rings. The van der Waals surface area contributed by atoms with Gasteiger partial charge in [-0.15, -0.1) is 0 Å². The summed E-state index contributed by atoms with van der Waals surface area (Å²) in [5.74, 6) is -0.618. The Morgan fingerprint density at radius 2 is 2.21 bits per heavy atom. The van der Waals surface area contributed by atoms with E-state index in [1.807, 2.05) is 6.07 Å². The van der Waals surface area contributed by atoms with Gasteiger partial charge in [0.1, 0.15) is 4.90 Å². The van der Waals surface area contributed by atoms with Crippen molar-refractivity contribution in [1.29, 1.82) is 5.26 Å². The quantitative estimate of drug-likeness (QED) is 0.835. The van der Waals surface area contributed by atoms with Crippen LogP contribution in [0.2, 0.25) is 5.02 Å². The Bertz CT molecular complexity index is 637. The van der Waals surface area contributed by atoms with Gasteiger partial charge in [-0.3, -0.25) is 4.79 Å². The van der Waals surface area contributed by atoms with Crippen LogP contribution in [0.4, 0.5) is 0 Å². The van der Waals surface area contributed by atoms with Crippen LogP contribution < -0.4 is 10.5 Å². The molecule has 1 aromatic carbocycles. The van der Waals surface area contributed by atoms with Crippen molar-refractivity contribution in [2.75, 3.05) is 0 Å². The molecule has 0 aliphatic heterocycles. The second-order valence-electron chi connectivity index (χ2n) is 3.95. The summed E-state index contributed by atoms with van der Waals surface area (Å²) >= 11 is 5.81. The first kappa shape index (κ1) is 15.4. The second-order valence-corrected chi connectivity index (χ2v) is 6.04. The Morgan fingerprint density at radius 1 is 1.58 bits per heavy atom. The molecule has 1 unspecified atom stereocenters. The van der Waals surface area contributed by atoms with E-state index in [1.54, 1.807) is 0 Å². The zero-order chi connectivity index (χ0) is 14.6. The molecule has 1 amide bonds. The van der Waals surface area contributed by atoms with E-state index in [9.17, 15) is 13.2 Å². The fraction of sp³-hybridized carbons (Fsp3) is 0.273. The number of rotatable bonds is 5. The number of nitriles is 1. The first-order valence-corrected chi connectivity index (χ1v) is 7.12. The smallest absolute Gasteiger partial charge is 0.242 e. The molecular weight excluding hydrogens is 290 g/mol. The van der Waals surface area contributed by atoms with Crippen molar-refractivity contribution in [1.82, 2.24) is 4.72 Å². The predicted molar refractivity (Wildman–Crippen MR) is 69.8 cm³/mol. The van der Waals surface area contributed by atoms with Crippen LogP contribution >= 0.6 is 11.6 Å². The molecule has 19 heavy (non-hydrogen) atoms. The van der Waals surface area contributed by atoms with Crippen LogP contribution in [-0.4, -0.2) is 20.4 Å². The van der Waals surface area contributed by atoms with Crippen LogP contribution in [0.25, 0.3) is 0 Å². The van der Waals surface area contributed by atoms with E-state index < -0.39 is 22.0 Å². The van der Waals surface area contributed by atoms with Gasteiger partial charge in [0.2, 0.25) is 15.9 Å². The number of nitrogens with zero attached hydrogens (tertiary/aromatic N) is 1. The van der Waals surface area contributed by atoms with E-state index in [0.717, 1.165) is 0 Å². The number of carbonyl (C=O) groups excluding carboxylic acids is 1. The van der Waals surface area contributed by atoms with E-state index >= 15 is 0 Å². The maximum Gasteiger partial charge on any atom is 0.242 e. The minimum atomic E-state index is -3.91. The number of primary amides is 1. The zero-order valence-corrected chi connectivity index (χ0v) is 11.6. The molecule has 0 heterocycles. The third-order valence-corrected chi connectivity index (χ3v) is 4.28. The van der Waals surface area contributed by atoms with Crippen molar-refractivity contribution in [2.24, 2.45) is 5.73 Å². The number of nitrogens with two attached hydrogens (primary N) is 1. The number of hydrogen-bond donors (Lipinski definition) is 2. The number of hydrogen-bond acceptors (Lipinski definition) is 4. The largest absolute Gasteiger partial charge is 0.370 e. The first-order valence-electron chi connectivity index (χ1n) is 5.26. The van der Waals surface area contributed by atoms with Crippen molar-refractivity contribution in [3.8, 4) is 6.07 Å². The summed E-state index contributed by atoms with van der Waals surface area (Å²) in [6, 6.07) is 5.07. The van der Waals surface area contributed by atoms with Gasteiger partial charge in [0, 0.05) is 12.5 Å². The molecule has 0 aromatic heterocycles. The van der Waals surface area contributed by atoms with E-state index in [-0.39, 0.29) is 21.9 Å². The minimum absolute atomic E-state index is 0.00206. The molecule has 0 aliphatic rings. The highest BCUT2D eigenvalue weighted by Crippen LogP contribution is 2.22. The van der Waals surface area contributed by atoms with Gasteiger partial charge in [-0.25, -0.2) is 13.1 Å². The molecule has 0 radical (unpaired) electrons. The SMILES string of the molecule is CC(CC(N)=O)NS(=O)(=O)c1cc(C#N)ccc1Cl. The molecule has 1 rings (SSSR count). The summed E-state index contributed by atoms with van der Waals surface area (Å²) < 4.78 is 26.4. The van der Waals surface area contributed by atoms with Gasteiger partial charge in [-0.1, -0.05) is 11.6 Å². The summed E-state index contributed by atoms with van der Waals surface area (Å²) in [6.45, 7) is 1.50. The Hall–Kier alpha value is -1.62. The fourth-order valence-electron chi connectivity index (χ4n) is 1.45. The number of benzene rings is 1. The third-order valence-electron chi connectivity index (χ3n) is 2.21. The van der Waals surface area contributed by atoms with E-state index in [2.05, 4.69) is 4.72 Å². The van der Waals surface area contributed by atoms with Crippen LogP contribution in [0.15, 0.2) is 23.1 Å². The average molecular weight is 302 g/mol. The maximum atomic E-state index is 12.1. The second kappa shape index (κ2) is 6.02. The van der Waals surface area contributed by atoms with Crippen molar-refractivity contribution in [3.05, 3.63) is 28.8 Å². The number of amides is 1. The highest BCUT2D eigenvalue weighted by atomic mass is 35.5. The lowest BCUT2D eigenvalue weighted by molar-refractivity contribution is -0.118. The lowest BCUT2D eigenvalue weighted by Crippen LogP contribution is -2.35. The minimum Gasteiger partial charge on any atom is -0.370 e. The molecule has 6 nitrogen and oxygen atoms in total. The number of sulfonamides is 1. The first-order chi connectivity index (χ1) is 8.76. The fourth-order valence-corrected chi connectivity index (χ4v) is 3.22. The van der Waals surface area contributed by atoms with E-state index in [0.29, 0.717) is 0 Å². The normalized spacial score (nSPS) is 12.7. The van der Waals surface area contributed by atoms with Gasteiger partial charge in [0.15, 0.2) is 0 Å². The van der Waals surface area contributed by atoms with Crippen LogP contribution in [0.3, 0.4) is 0 Å². The topological polar surface area (TPSA) is 113 Å². The summed E-state index contributed by atoms with van der Waals surface area (Å²) in [7, 11) is -3.91. The number of nitrogens with one attached hydrogen (secondary N) is 1.